The summed E-state index contributed by atoms with van der Waals surface area (Å²) in [6.07, 6.45) is 7.61. The van der Waals surface area contributed by atoms with Crippen molar-refractivity contribution in [3.63, 3.8) is 0 Å². The fraction of sp³-hybridized carbons (Fsp3) is 0.600. The molecule has 162 valence electrons. The van der Waals surface area contributed by atoms with Crippen LogP contribution in [0, 0.1) is 17.8 Å². The van der Waals surface area contributed by atoms with Crippen molar-refractivity contribution in [1.29, 1.82) is 0 Å². The molecule has 0 radical (unpaired) electrons. The predicted molar refractivity (Wildman–Crippen MR) is 118 cm³/mol. The standard InChI is InChI=1S/C25H34N2O3/c1-16(2)20(21-15-26-22-10-6-4-8-17(21)22)14-24(28)27-13-12-19(25(29)30-3)18-9-5-7-11-23(18)27/h4,6,8,10,15-16,18-20,23,26H,5,7,9,11-14H2,1-3H3. The maximum absolute atomic E-state index is 13.5. The van der Waals surface area contributed by atoms with Gasteiger partial charge in [0.1, 0.15) is 0 Å². The number of carbonyl (C=O) groups excluding carboxylic acids is 2. The summed E-state index contributed by atoms with van der Waals surface area (Å²) >= 11 is 0. The third kappa shape index (κ3) is 3.86. The van der Waals surface area contributed by atoms with Crippen LogP contribution in [0.3, 0.4) is 0 Å². The third-order valence-corrected chi connectivity index (χ3v) is 7.42. The van der Waals surface area contributed by atoms with Crippen LogP contribution < -0.4 is 0 Å². The molecule has 5 nitrogen and oxygen atoms in total. The molecule has 2 aliphatic rings. The molecule has 0 spiro atoms. The first-order chi connectivity index (χ1) is 14.5. The van der Waals surface area contributed by atoms with E-state index in [1.165, 1.54) is 18.1 Å². The van der Waals surface area contributed by atoms with Gasteiger partial charge in [-0.3, -0.25) is 9.59 Å². The van der Waals surface area contributed by atoms with Crippen LogP contribution in [0.25, 0.3) is 10.9 Å². The lowest BCUT2D eigenvalue weighted by molar-refractivity contribution is -0.156. The number of hydrogen-bond donors (Lipinski definition) is 1. The number of aromatic amines is 1. The molecule has 2 fully saturated rings. The molecule has 4 rings (SSSR count). The molecule has 1 aromatic carbocycles. The Bertz CT molecular complexity index is 903. The van der Waals surface area contributed by atoms with E-state index in [0.717, 1.165) is 37.6 Å². The topological polar surface area (TPSA) is 62.4 Å². The van der Waals surface area contributed by atoms with Crippen molar-refractivity contribution >= 4 is 22.8 Å². The van der Waals surface area contributed by atoms with Gasteiger partial charge in [0.05, 0.1) is 13.0 Å². The molecule has 2 aromatic rings. The number of carbonyl (C=O) groups is 2. The molecular weight excluding hydrogens is 376 g/mol. The van der Waals surface area contributed by atoms with Gasteiger partial charge in [-0.2, -0.15) is 0 Å². The second-order valence-corrected chi connectivity index (χ2v) is 9.37. The van der Waals surface area contributed by atoms with Crippen LogP contribution in [0.4, 0.5) is 0 Å². The Morgan fingerprint density at radius 1 is 1.17 bits per heavy atom. The van der Waals surface area contributed by atoms with E-state index < -0.39 is 0 Å². The smallest absolute Gasteiger partial charge is 0.309 e. The van der Waals surface area contributed by atoms with Crippen LogP contribution >= 0.6 is 0 Å². The van der Waals surface area contributed by atoms with Gasteiger partial charge in [-0.15, -0.1) is 0 Å². The number of nitrogens with one attached hydrogen (secondary N) is 1. The molecule has 1 saturated carbocycles. The maximum Gasteiger partial charge on any atom is 0.309 e. The first-order valence-electron chi connectivity index (χ1n) is 11.4. The van der Waals surface area contributed by atoms with Gasteiger partial charge >= 0.3 is 5.97 Å². The van der Waals surface area contributed by atoms with Crippen molar-refractivity contribution in [2.75, 3.05) is 13.7 Å². The van der Waals surface area contributed by atoms with E-state index in [0.29, 0.717) is 18.9 Å². The highest BCUT2D eigenvalue weighted by Crippen LogP contribution is 2.41. The van der Waals surface area contributed by atoms with Crippen LogP contribution in [-0.2, 0) is 14.3 Å². The summed E-state index contributed by atoms with van der Waals surface area (Å²) in [4.78, 5) is 31.3. The van der Waals surface area contributed by atoms with Gasteiger partial charge in [-0.25, -0.2) is 0 Å². The number of nitrogens with zero attached hydrogens (tertiary/aromatic N) is 1. The van der Waals surface area contributed by atoms with Gasteiger partial charge in [0.2, 0.25) is 5.91 Å². The van der Waals surface area contributed by atoms with Crippen LogP contribution in [-0.4, -0.2) is 41.5 Å². The molecule has 1 saturated heterocycles. The van der Waals surface area contributed by atoms with Crippen molar-refractivity contribution in [2.24, 2.45) is 17.8 Å². The second kappa shape index (κ2) is 8.83. The number of ether oxygens (including phenoxy) is 1. The molecule has 1 aliphatic heterocycles. The first kappa shape index (κ1) is 21.0. The van der Waals surface area contributed by atoms with Gasteiger partial charge in [-0.1, -0.05) is 44.9 Å². The highest BCUT2D eigenvalue weighted by molar-refractivity contribution is 5.85. The summed E-state index contributed by atoms with van der Waals surface area (Å²) in [7, 11) is 1.48. The minimum Gasteiger partial charge on any atom is -0.469 e. The number of methoxy groups -OCH3 is 1. The minimum atomic E-state index is -0.0992. The number of esters is 1. The van der Waals surface area contributed by atoms with E-state index in [4.69, 9.17) is 4.74 Å². The molecule has 1 aromatic heterocycles. The first-order valence-corrected chi connectivity index (χ1v) is 11.4. The molecule has 1 N–H and O–H groups in total. The quantitative estimate of drug-likeness (QED) is 0.715. The molecule has 2 heterocycles. The maximum atomic E-state index is 13.5. The van der Waals surface area contributed by atoms with E-state index in [9.17, 15) is 9.59 Å². The van der Waals surface area contributed by atoms with Crippen molar-refractivity contribution in [3.05, 3.63) is 36.0 Å². The fourth-order valence-electron chi connectivity index (χ4n) is 5.82. The Morgan fingerprint density at radius 2 is 1.93 bits per heavy atom. The number of benzene rings is 1. The summed E-state index contributed by atoms with van der Waals surface area (Å²) in [5.41, 5.74) is 2.36. The fourth-order valence-corrected chi connectivity index (χ4v) is 5.82. The Hall–Kier alpha value is -2.30. The summed E-state index contributed by atoms with van der Waals surface area (Å²) in [5.74, 6) is 0.863. The van der Waals surface area contributed by atoms with Crippen molar-refractivity contribution < 1.29 is 14.3 Å². The lowest BCUT2D eigenvalue weighted by atomic mass is 9.71. The van der Waals surface area contributed by atoms with Gasteiger partial charge in [0.15, 0.2) is 0 Å². The lowest BCUT2D eigenvalue weighted by Gasteiger charge is -2.47. The van der Waals surface area contributed by atoms with Crippen LogP contribution in [0.15, 0.2) is 30.5 Å². The van der Waals surface area contributed by atoms with E-state index in [2.05, 4.69) is 48.1 Å². The molecule has 4 unspecified atom stereocenters. The number of fused-ring (bicyclic) bond motifs is 2. The number of likely N-dealkylation sites (tertiary alicyclic amines) is 1. The summed E-state index contributed by atoms with van der Waals surface area (Å²) in [6.45, 7) is 5.07. The lowest BCUT2D eigenvalue weighted by Crippen LogP contribution is -2.54. The zero-order valence-corrected chi connectivity index (χ0v) is 18.4. The Morgan fingerprint density at radius 3 is 2.70 bits per heavy atom. The van der Waals surface area contributed by atoms with Crippen molar-refractivity contribution in [3.8, 4) is 0 Å². The highest BCUT2D eigenvalue weighted by Gasteiger charge is 2.44. The monoisotopic (exact) mass is 410 g/mol. The van der Waals surface area contributed by atoms with Crippen LogP contribution in [0.5, 0.6) is 0 Å². The van der Waals surface area contributed by atoms with E-state index in [1.807, 2.05) is 6.07 Å². The van der Waals surface area contributed by atoms with Crippen LogP contribution in [0.1, 0.15) is 63.9 Å². The largest absolute Gasteiger partial charge is 0.469 e. The zero-order valence-electron chi connectivity index (χ0n) is 18.4. The van der Waals surface area contributed by atoms with Crippen molar-refractivity contribution in [2.45, 2.75) is 64.3 Å². The Labute approximate surface area is 179 Å². The van der Waals surface area contributed by atoms with E-state index >= 15 is 0 Å². The molecule has 0 bridgehead atoms. The molecule has 5 heteroatoms. The number of hydrogen-bond acceptors (Lipinski definition) is 3. The Balaban J connectivity index is 1.55. The molecule has 30 heavy (non-hydrogen) atoms. The van der Waals surface area contributed by atoms with Gasteiger partial charge in [-0.05, 0) is 48.6 Å². The predicted octanol–water partition coefficient (Wildman–Crippen LogP) is 4.88. The molecule has 4 atom stereocenters. The average molecular weight is 411 g/mol. The zero-order chi connectivity index (χ0) is 21.3. The summed E-state index contributed by atoms with van der Waals surface area (Å²) in [5, 5.41) is 1.21. The van der Waals surface area contributed by atoms with E-state index in [1.54, 1.807) is 0 Å². The number of piperidine rings is 1. The number of para-hydroxylation sites is 1. The second-order valence-electron chi connectivity index (χ2n) is 9.37. The normalized spacial score (nSPS) is 25.2. The average Bonchev–Trinajstić information content (AvgIpc) is 3.19. The molecular formula is C25H34N2O3. The number of amides is 1. The molecule has 1 aliphatic carbocycles. The minimum absolute atomic E-state index is 0.0566. The van der Waals surface area contributed by atoms with Crippen LogP contribution in [0.2, 0.25) is 0 Å². The molecule has 1 amide bonds. The number of rotatable bonds is 5. The summed E-state index contributed by atoms with van der Waals surface area (Å²) < 4.78 is 5.07. The van der Waals surface area contributed by atoms with E-state index in [-0.39, 0.29) is 35.7 Å². The number of H-pyrrole nitrogens is 1. The SMILES string of the molecule is COC(=O)C1CCN(C(=O)CC(c2c[nH]c3ccccc23)C(C)C)C2CCCCC12. The summed E-state index contributed by atoms with van der Waals surface area (Å²) in [6, 6.07) is 8.50. The van der Waals surface area contributed by atoms with Gasteiger partial charge in [0, 0.05) is 36.1 Å². The highest BCUT2D eigenvalue weighted by atomic mass is 16.5. The van der Waals surface area contributed by atoms with Gasteiger partial charge < -0.3 is 14.6 Å². The van der Waals surface area contributed by atoms with Crippen molar-refractivity contribution in [1.82, 2.24) is 9.88 Å². The third-order valence-electron chi connectivity index (χ3n) is 7.42. The Kier molecular flexibility index (Phi) is 6.16. The van der Waals surface area contributed by atoms with Gasteiger partial charge in [0.25, 0.3) is 0 Å². The number of aromatic nitrogens is 1.